The molecule has 0 N–H and O–H groups in total. The Morgan fingerprint density at radius 1 is 1.57 bits per heavy atom. The second-order valence-electron chi connectivity index (χ2n) is 2.82. The van der Waals surface area contributed by atoms with Crippen molar-refractivity contribution in [3.05, 3.63) is 24.1 Å². The van der Waals surface area contributed by atoms with Gasteiger partial charge in [0.2, 0.25) is 0 Å². The molecule has 0 saturated heterocycles. The number of nitrogens with zero attached hydrogens (tertiary/aromatic N) is 3. The third kappa shape index (κ3) is 2.70. The predicted octanol–water partition coefficient (Wildman–Crippen LogP) is 1.96. The molecule has 1 aromatic rings. The lowest BCUT2D eigenvalue weighted by molar-refractivity contribution is 0.620. The normalized spacial score (nSPS) is 9.50. The van der Waals surface area contributed by atoms with Gasteiger partial charge in [0.1, 0.15) is 11.6 Å². The van der Waals surface area contributed by atoms with Crippen LogP contribution in [0.2, 0.25) is 0 Å². The third-order valence-electron chi connectivity index (χ3n) is 1.91. The van der Waals surface area contributed by atoms with Crippen LogP contribution in [0.15, 0.2) is 18.3 Å². The number of hydrogen-bond donors (Lipinski definition) is 0. The monoisotopic (exact) mass is 193 g/mol. The summed E-state index contributed by atoms with van der Waals surface area (Å²) in [5.74, 6) is 0.370. The summed E-state index contributed by atoms with van der Waals surface area (Å²) in [7, 11) is 0. The van der Waals surface area contributed by atoms with E-state index in [9.17, 15) is 4.39 Å². The lowest BCUT2D eigenvalue weighted by Crippen LogP contribution is -2.24. The topological polar surface area (TPSA) is 39.9 Å². The summed E-state index contributed by atoms with van der Waals surface area (Å²) in [6.45, 7) is 3.37. The van der Waals surface area contributed by atoms with E-state index in [1.165, 1.54) is 12.3 Å². The fourth-order valence-corrected chi connectivity index (χ4v) is 1.17. The van der Waals surface area contributed by atoms with Crippen LogP contribution in [0.4, 0.5) is 10.2 Å². The van der Waals surface area contributed by atoms with Crippen LogP contribution in [0.5, 0.6) is 0 Å². The van der Waals surface area contributed by atoms with Gasteiger partial charge >= 0.3 is 0 Å². The second kappa shape index (κ2) is 5.18. The Labute approximate surface area is 82.8 Å². The number of pyridine rings is 1. The van der Waals surface area contributed by atoms with Crippen LogP contribution in [-0.4, -0.2) is 18.1 Å². The Bertz CT molecular complexity index is 315. The van der Waals surface area contributed by atoms with Crippen molar-refractivity contribution >= 4 is 5.82 Å². The van der Waals surface area contributed by atoms with Crippen LogP contribution in [0.1, 0.15) is 13.3 Å². The fourth-order valence-electron chi connectivity index (χ4n) is 1.17. The summed E-state index contributed by atoms with van der Waals surface area (Å²) >= 11 is 0. The molecule has 74 valence electrons. The minimum Gasteiger partial charge on any atom is -0.356 e. The Balaban J connectivity index is 2.69. The second-order valence-corrected chi connectivity index (χ2v) is 2.82. The summed E-state index contributed by atoms with van der Waals surface area (Å²) in [6, 6.07) is 5.06. The highest BCUT2D eigenvalue weighted by atomic mass is 19.1. The highest BCUT2D eigenvalue weighted by molar-refractivity contribution is 5.37. The van der Waals surface area contributed by atoms with E-state index in [1.807, 2.05) is 11.8 Å². The fraction of sp³-hybridized carbons (Fsp3) is 0.400. The van der Waals surface area contributed by atoms with Gasteiger partial charge in [-0.25, -0.2) is 9.37 Å². The molecule has 0 unspecified atom stereocenters. The zero-order valence-corrected chi connectivity index (χ0v) is 8.07. The molecule has 0 aliphatic rings. The molecule has 0 fully saturated rings. The average molecular weight is 193 g/mol. The number of aromatic nitrogens is 1. The number of halogens is 1. The Hall–Kier alpha value is -1.63. The van der Waals surface area contributed by atoms with Crippen LogP contribution >= 0.6 is 0 Å². The zero-order valence-electron chi connectivity index (χ0n) is 8.07. The highest BCUT2D eigenvalue weighted by Crippen LogP contribution is 2.10. The minimum atomic E-state index is -0.343. The van der Waals surface area contributed by atoms with E-state index in [4.69, 9.17) is 5.26 Å². The van der Waals surface area contributed by atoms with Crippen molar-refractivity contribution in [2.24, 2.45) is 0 Å². The van der Waals surface area contributed by atoms with E-state index < -0.39 is 0 Å². The van der Waals surface area contributed by atoms with Crippen molar-refractivity contribution in [1.29, 1.82) is 5.26 Å². The van der Waals surface area contributed by atoms with E-state index in [0.717, 1.165) is 6.54 Å². The molecule has 0 aliphatic carbocycles. The molecule has 0 atom stereocenters. The molecule has 0 radical (unpaired) electrons. The van der Waals surface area contributed by atoms with Crippen LogP contribution in [0.25, 0.3) is 0 Å². The lowest BCUT2D eigenvalue weighted by Gasteiger charge is -2.19. The van der Waals surface area contributed by atoms with E-state index >= 15 is 0 Å². The maximum absolute atomic E-state index is 12.6. The molecule has 1 rings (SSSR count). The van der Waals surface area contributed by atoms with Crippen molar-refractivity contribution in [1.82, 2.24) is 4.98 Å². The molecule has 0 amide bonds. The SMILES string of the molecule is CCN(CCC#N)c1ccc(F)cn1. The van der Waals surface area contributed by atoms with Crippen molar-refractivity contribution in [3.8, 4) is 6.07 Å². The maximum atomic E-state index is 12.6. The van der Waals surface area contributed by atoms with Gasteiger partial charge in [0.15, 0.2) is 0 Å². The van der Waals surface area contributed by atoms with Crippen LogP contribution in [-0.2, 0) is 0 Å². The van der Waals surface area contributed by atoms with Gasteiger partial charge in [0.25, 0.3) is 0 Å². The first-order chi connectivity index (χ1) is 6.77. The summed E-state index contributed by atoms with van der Waals surface area (Å²) in [6.07, 6.45) is 1.64. The van der Waals surface area contributed by atoms with Crippen molar-refractivity contribution < 1.29 is 4.39 Å². The number of hydrogen-bond acceptors (Lipinski definition) is 3. The lowest BCUT2D eigenvalue weighted by atomic mass is 10.3. The summed E-state index contributed by atoms with van der Waals surface area (Å²) in [5.41, 5.74) is 0. The molecule has 0 aliphatic heterocycles. The highest BCUT2D eigenvalue weighted by Gasteiger charge is 2.04. The molecule has 0 spiro atoms. The predicted molar refractivity (Wildman–Crippen MR) is 52.3 cm³/mol. The Morgan fingerprint density at radius 3 is 2.86 bits per heavy atom. The standard InChI is InChI=1S/C10H12FN3/c1-2-14(7-3-6-12)10-5-4-9(11)8-13-10/h4-5,8H,2-3,7H2,1H3. The summed E-state index contributed by atoms with van der Waals surface area (Å²) < 4.78 is 12.6. The first kappa shape index (κ1) is 10.5. The minimum absolute atomic E-state index is 0.343. The summed E-state index contributed by atoms with van der Waals surface area (Å²) in [4.78, 5) is 5.88. The third-order valence-corrected chi connectivity index (χ3v) is 1.91. The molecule has 3 nitrogen and oxygen atoms in total. The first-order valence-electron chi connectivity index (χ1n) is 4.51. The van der Waals surface area contributed by atoms with Gasteiger partial charge in [0.05, 0.1) is 18.7 Å². The van der Waals surface area contributed by atoms with Crippen molar-refractivity contribution in [3.63, 3.8) is 0 Å². The largest absolute Gasteiger partial charge is 0.356 e. The van der Waals surface area contributed by atoms with E-state index in [0.29, 0.717) is 18.8 Å². The van der Waals surface area contributed by atoms with Gasteiger partial charge in [-0.1, -0.05) is 0 Å². The van der Waals surface area contributed by atoms with Gasteiger partial charge in [0, 0.05) is 13.1 Å². The average Bonchev–Trinajstić information content (AvgIpc) is 2.21. The zero-order chi connectivity index (χ0) is 10.4. The maximum Gasteiger partial charge on any atom is 0.141 e. The molecule has 0 saturated carbocycles. The molecule has 0 bridgehead atoms. The van der Waals surface area contributed by atoms with Gasteiger partial charge < -0.3 is 4.90 Å². The van der Waals surface area contributed by atoms with Gasteiger partial charge in [-0.05, 0) is 19.1 Å². The van der Waals surface area contributed by atoms with Crippen LogP contribution < -0.4 is 4.90 Å². The number of anilines is 1. The van der Waals surface area contributed by atoms with E-state index in [2.05, 4.69) is 11.1 Å². The van der Waals surface area contributed by atoms with Crippen LogP contribution in [0, 0.1) is 17.1 Å². The smallest absolute Gasteiger partial charge is 0.141 e. The summed E-state index contributed by atoms with van der Waals surface area (Å²) in [5, 5.41) is 8.44. The van der Waals surface area contributed by atoms with Crippen molar-refractivity contribution in [2.75, 3.05) is 18.0 Å². The molecular formula is C10H12FN3. The van der Waals surface area contributed by atoms with Gasteiger partial charge in [-0.15, -0.1) is 0 Å². The number of nitriles is 1. The molecule has 14 heavy (non-hydrogen) atoms. The van der Waals surface area contributed by atoms with Gasteiger partial charge in [-0.2, -0.15) is 5.26 Å². The molecule has 1 heterocycles. The van der Waals surface area contributed by atoms with Crippen molar-refractivity contribution in [2.45, 2.75) is 13.3 Å². The Morgan fingerprint density at radius 2 is 2.36 bits per heavy atom. The molecule has 1 aromatic heterocycles. The van der Waals surface area contributed by atoms with Crippen LogP contribution in [0.3, 0.4) is 0 Å². The molecule has 0 aromatic carbocycles. The quantitative estimate of drug-likeness (QED) is 0.733. The first-order valence-corrected chi connectivity index (χ1v) is 4.51. The molecular weight excluding hydrogens is 181 g/mol. The number of rotatable bonds is 4. The van der Waals surface area contributed by atoms with E-state index in [1.54, 1.807) is 6.07 Å². The van der Waals surface area contributed by atoms with Gasteiger partial charge in [-0.3, -0.25) is 0 Å². The molecule has 4 heteroatoms. The Kier molecular flexibility index (Phi) is 3.86. The van der Waals surface area contributed by atoms with E-state index in [-0.39, 0.29) is 5.82 Å².